The van der Waals surface area contributed by atoms with Gasteiger partial charge in [0, 0.05) is 19.5 Å². The zero-order valence-corrected chi connectivity index (χ0v) is 10.6. The fourth-order valence-electron chi connectivity index (χ4n) is 1.64. The lowest BCUT2D eigenvalue weighted by atomic mass is 10.1. The van der Waals surface area contributed by atoms with Gasteiger partial charge in [-0.3, -0.25) is 4.79 Å². The highest BCUT2D eigenvalue weighted by Gasteiger charge is 2.30. The molecule has 0 aliphatic carbocycles. The van der Waals surface area contributed by atoms with Gasteiger partial charge < -0.3 is 4.90 Å². The number of halogens is 3. The highest BCUT2D eigenvalue weighted by molar-refractivity contribution is 5.77. The minimum Gasteiger partial charge on any atom is -0.341 e. The average Bonchev–Trinajstić information content (AvgIpc) is 2.27. The van der Waals surface area contributed by atoms with Crippen molar-refractivity contribution in [3.63, 3.8) is 0 Å². The lowest BCUT2D eigenvalue weighted by Gasteiger charge is -2.20. The third-order valence-electron chi connectivity index (χ3n) is 2.54. The summed E-state index contributed by atoms with van der Waals surface area (Å²) in [4.78, 5) is 13.1. The van der Waals surface area contributed by atoms with E-state index in [0.717, 1.165) is 12.1 Å². The molecule has 0 radical (unpaired) electrons. The molecule has 0 fully saturated rings. The maximum Gasteiger partial charge on any atom is 0.416 e. The van der Waals surface area contributed by atoms with Crippen molar-refractivity contribution >= 4 is 5.91 Å². The average molecular weight is 259 g/mol. The first-order chi connectivity index (χ1) is 8.21. The van der Waals surface area contributed by atoms with Crippen molar-refractivity contribution in [3.8, 4) is 0 Å². The van der Waals surface area contributed by atoms with Crippen LogP contribution in [0.5, 0.6) is 0 Å². The van der Waals surface area contributed by atoms with Crippen LogP contribution in [0.1, 0.15) is 25.0 Å². The molecule has 0 saturated heterocycles. The van der Waals surface area contributed by atoms with Crippen LogP contribution in [0.25, 0.3) is 0 Å². The van der Waals surface area contributed by atoms with E-state index in [2.05, 4.69) is 0 Å². The van der Waals surface area contributed by atoms with Crippen LogP contribution in [-0.4, -0.2) is 17.9 Å². The van der Waals surface area contributed by atoms with Crippen molar-refractivity contribution in [2.45, 2.75) is 26.6 Å². The number of hydrogen-bond donors (Lipinski definition) is 0. The molecule has 0 unspecified atom stereocenters. The summed E-state index contributed by atoms with van der Waals surface area (Å²) in [5, 5.41) is 0. The van der Waals surface area contributed by atoms with Crippen LogP contribution in [-0.2, 0) is 17.5 Å². The second kappa shape index (κ2) is 5.42. The quantitative estimate of drug-likeness (QED) is 0.815. The molecule has 18 heavy (non-hydrogen) atoms. The molecule has 1 aromatic carbocycles. The molecule has 0 aliphatic heterocycles. The van der Waals surface area contributed by atoms with Crippen molar-refractivity contribution in [1.29, 1.82) is 0 Å². The molecule has 2 nitrogen and oxygen atoms in total. The van der Waals surface area contributed by atoms with Crippen LogP contribution >= 0.6 is 0 Å². The lowest BCUT2D eigenvalue weighted by molar-refractivity contribution is -0.137. The number of nitrogens with zero attached hydrogens (tertiary/aromatic N) is 1. The van der Waals surface area contributed by atoms with Gasteiger partial charge in [0.1, 0.15) is 0 Å². The van der Waals surface area contributed by atoms with E-state index in [4.69, 9.17) is 0 Å². The Hall–Kier alpha value is -1.52. The zero-order valence-electron chi connectivity index (χ0n) is 10.6. The molecular weight excluding hydrogens is 243 g/mol. The molecule has 0 aliphatic rings. The minimum atomic E-state index is -4.35. The summed E-state index contributed by atoms with van der Waals surface area (Å²) in [5.74, 6) is -0.256. The molecule has 0 heterocycles. The lowest BCUT2D eigenvalue weighted by Crippen LogP contribution is -2.30. The predicted molar refractivity (Wildman–Crippen MR) is 62.8 cm³/mol. The van der Waals surface area contributed by atoms with E-state index in [-0.39, 0.29) is 18.4 Å². The van der Waals surface area contributed by atoms with Gasteiger partial charge in [-0.1, -0.05) is 26.0 Å². The number of amides is 1. The first-order valence-corrected chi connectivity index (χ1v) is 5.63. The van der Waals surface area contributed by atoms with Crippen molar-refractivity contribution in [2.75, 3.05) is 7.05 Å². The van der Waals surface area contributed by atoms with Gasteiger partial charge in [0.05, 0.1) is 5.56 Å². The highest BCUT2D eigenvalue weighted by atomic mass is 19.4. The summed E-state index contributed by atoms with van der Waals surface area (Å²) in [6.07, 6.45) is -4.35. The van der Waals surface area contributed by atoms with Gasteiger partial charge in [0.15, 0.2) is 0 Å². The monoisotopic (exact) mass is 259 g/mol. The molecule has 1 amide bonds. The first kappa shape index (κ1) is 14.5. The smallest absolute Gasteiger partial charge is 0.341 e. The Morgan fingerprint density at radius 2 is 1.94 bits per heavy atom. The number of alkyl halides is 3. The number of benzene rings is 1. The fourth-order valence-corrected chi connectivity index (χ4v) is 1.64. The largest absolute Gasteiger partial charge is 0.416 e. The summed E-state index contributed by atoms with van der Waals surface area (Å²) in [6, 6.07) is 5.03. The van der Waals surface area contributed by atoms with E-state index in [1.54, 1.807) is 27.0 Å². The van der Waals surface area contributed by atoms with Crippen molar-refractivity contribution in [2.24, 2.45) is 5.92 Å². The maximum absolute atomic E-state index is 12.5. The second-order valence-corrected chi connectivity index (χ2v) is 4.55. The summed E-state index contributed by atoms with van der Waals surface area (Å²) < 4.78 is 37.5. The van der Waals surface area contributed by atoms with Crippen molar-refractivity contribution in [3.05, 3.63) is 35.4 Å². The topological polar surface area (TPSA) is 20.3 Å². The van der Waals surface area contributed by atoms with Gasteiger partial charge in [-0.15, -0.1) is 0 Å². The van der Waals surface area contributed by atoms with Crippen LogP contribution in [0.4, 0.5) is 13.2 Å². The molecule has 0 saturated carbocycles. The number of hydrogen-bond acceptors (Lipinski definition) is 1. The molecule has 5 heteroatoms. The molecule has 1 aromatic rings. The van der Waals surface area contributed by atoms with Crippen molar-refractivity contribution in [1.82, 2.24) is 4.90 Å². The first-order valence-electron chi connectivity index (χ1n) is 5.63. The Morgan fingerprint density at radius 3 is 2.44 bits per heavy atom. The predicted octanol–water partition coefficient (Wildman–Crippen LogP) is 3.32. The van der Waals surface area contributed by atoms with E-state index >= 15 is 0 Å². The molecule has 0 N–H and O–H groups in total. The van der Waals surface area contributed by atoms with Gasteiger partial charge in [0.25, 0.3) is 0 Å². The van der Waals surface area contributed by atoms with E-state index in [0.29, 0.717) is 5.56 Å². The van der Waals surface area contributed by atoms with Gasteiger partial charge in [-0.25, -0.2) is 0 Å². The summed E-state index contributed by atoms with van der Waals surface area (Å²) in [7, 11) is 1.59. The Labute approximate surface area is 104 Å². The van der Waals surface area contributed by atoms with Crippen LogP contribution in [0, 0.1) is 5.92 Å². The summed E-state index contributed by atoms with van der Waals surface area (Å²) in [6.45, 7) is 3.69. The normalized spacial score (nSPS) is 11.7. The van der Waals surface area contributed by atoms with E-state index in [1.165, 1.54) is 11.0 Å². The van der Waals surface area contributed by atoms with Gasteiger partial charge in [0.2, 0.25) is 5.91 Å². The molecule has 0 bridgehead atoms. The molecule has 1 rings (SSSR count). The Bertz CT molecular complexity index is 426. The fraction of sp³-hybridized carbons (Fsp3) is 0.462. The zero-order chi connectivity index (χ0) is 13.9. The van der Waals surface area contributed by atoms with Crippen molar-refractivity contribution < 1.29 is 18.0 Å². The molecule has 100 valence electrons. The van der Waals surface area contributed by atoms with Gasteiger partial charge in [-0.05, 0) is 17.7 Å². The molecular formula is C13H16F3NO. The highest BCUT2D eigenvalue weighted by Crippen LogP contribution is 2.29. The standard InChI is InChI=1S/C13H16F3NO/c1-9(2)12(18)17(3)8-10-5-4-6-11(7-10)13(14,15)16/h4-7,9H,8H2,1-3H3. The Kier molecular flexibility index (Phi) is 4.38. The molecule has 0 aromatic heterocycles. The van der Waals surface area contributed by atoms with Gasteiger partial charge >= 0.3 is 6.18 Å². The number of rotatable bonds is 3. The Morgan fingerprint density at radius 1 is 1.33 bits per heavy atom. The third-order valence-corrected chi connectivity index (χ3v) is 2.54. The maximum atomic E-state index is 12.5. The molecule has 0 atom stereocenters. The van der Waals surface area contributed by atoms with E-state index < -0.39 is 11.7 Å². The molecule has 0 spiro atoms. The van der Waals surface area contributed by atoms with E-state index in [1.807, 2.05) is 0 Å². The van der Waals surface area contributed by atoms with E-state index in [9.17, 15) is 18.0 Å². The van der Waals surface area contributed by atoms with Gasteiger partial charge in [-0.2, -0.15) is 13.2 Å². The summed E-state index contributed by atoms with van der Waals surface area (Å²) in [5.41, 5.74) is -0.216. The van der Waals surface area contributed by atoms with Crippen LogP contribution in [0.3, 0.4) is 0 Å². The Balaban J connectivity index is 2.83. The minimum absolute atomic E-state index is 0.0904. The van der Waals surface area contributed by atoms with Crippen LogP contribution in [0.2, 0.25) is 0 Å². The third kappa shape index (κ3) is 3.75. The second-order valence-electron chi connectivity index (χ2n) is 4.55. The number of carbonyl (C=O) groups excluding carboxylic acids is 1. The van der Waals surface area contributed by atoms with Crippen LogP contribution < -0.4 is 0 Å². The number of carbonyl (C=O) groups is 1. The van der Waals surface area contributed by atoms with Crippen LogP contribution in [0.15, 0.2) is 24.3 Å². The summed E-state index contributed by atoms with van der Waals surface area (Å²) >= 11 is 0. The SMILES string of the molecule is CC(C)C(=O)N(C)Cc1cccc(C(F)(F)F)c1.